The highest BCUT2D eigenvalue weighted by Crippen LogP contribution is 2.35. The Morgan fingerprint density at radius 2 is 1.97 bits per heavy atom. The smallest absolute Gasteiger partial charge is 0.270 e. The second-order valence-electron chi connectivity index (χ2n) is 8.53. The average molecular weight is 457 g/mol. The maximum absolute atomic E-state index is 12.8. The predicted molar refractivity (Wildman–Crippen MR) is 133 cm³/mol. The van der Waals surface area contributed by atoms with Crippen molar-refractivity contribution >= 4 is 22.4 Å². The van der Waals surface area contributed by atoms with Crippen molar-refractivity contribution in [3.8, 4) is 23.1 Å². The molecule has 1 aliphatic rings. The average Bonchev–Trinajstić information content (AvgIpc) is 2.87. The van der Waals surface area contributed by atoms with E-state index in [4.69, 9.17) is 10.00 Å². The summed E-state index contributed by atoms with van der Waals surface area (Å²) in [6.07, 6.45) is 2.69. The van der Waals surface area contributed by atoms with Crippen LogP contribution in [0.5, 0.6) is 5.75 Å². The van der Waals surface area contributed by atoms with Crippen LogP contribution in [0.3, 0.4) is 0 Å². The summed E-state index contributed by atoms with van der Waals surface area (Å²) in [5.74, 6) is 0.456. The predicted octanol–water partition coefficient (Wildman–Crippen LogP) is 4.44. The minimum absolute atomic E-state index is 0.0614. The number of carbonyl (C=O) groups is 1. The van der Waals surface area contributed by atoms with Gasteiger partial charge < -0.3 is 20.5 Å². The number of amides is 1. The van der Waals surface area contributed by atoms with Crippen molar-refractivity contribution in [3.05, 3.63) is 66.4 Å². The Bertz CT molecular complexity index is 1260. The molecule has 4 rings (SSSR count). The van der Waals surface area contributed by atoms with Gasteiger partial charge in [-0.1, -0.05) is 30.8 Å². The Labute approximate surface area is 199 Å². The molecule has 1 aromatic heterocycles. The number of hydrogen-bond acceptors (Lipinski definition) is 6. The van der Waals surface area contributed by atoms with Crippen LogP contribution in [0.1, 0.15) is 36.2 Å². The van der Waals surface area contributed by atoms with Crippen molar-refractivity contribution in [1.29, 1.82) is 5.26 Å². The highest BCUT2D eigenvalue weighted by Gasteiger charge is 2.22. The van der Waals surface area contributed by atoms with Gasteiger partial charge in [0.2, 0.25) is 0 Å². The molecule has 1 heterocycles. The molecule has 1 saturated carbocycles. The highest BCUT2D eigenvalue weighted by molar-refractivity contribution is 5.99. The Kier molecular flexibility index (Phi) is 7.09. The number of benzene rings is 2. The molecule has 0 unspecified atom stereocenters. The lowest BCUT2D eigenvalue weighted by molar-refractivity contribution is 0.0863. The van der Waals surface area contributed by atoms with Crippen LogP contribution in [-0.2, 0) is 0 Å². The van der Waals surface area contributed by atoms with Gasteiger partial charge in [0.1, 0.15) is 11.4 Å². The largest absolute Gasteiger partial charge is 0.495 e. The molecule has 3 aromatic rings. The molecule has 0 radical (unpaired) electrons. The lowest BCUT2D eigenvalue weighted by Gasteiger charge is -2.26. The van der Waals surface area contributed by atoms with Crippen LogP contribution >= 0.6 is 0 Å². The highest BCUT2D eigenvalue weighted by atomic mass is 16.5. The van der Waals surface area contributed by atoms with Crippen molar-refractivity contribution in [3.63, 3.8) is 0 Å². The number of anilines is 1. The second kappa shape index (κ2) is 10.4. The van der Waals surface area contributed by atoms with Crippen molar-refractivity contribution in [2.75, 3.05) is 19.0 Å². The number of pyridine rings is 1. The van der Waals surface area contributed by atoms with Crippen LogP contribution in [0.15, 0.2) is 60.7 Å². The van der Waals surface area contributed by atoms with E-state index in [0.717, 1.165) is 34.9 Å². The molecule has 0 bridgehead atoms. The van der Waals surface area contributed by atoms with Crippen molar-refractivity contribution in [2.45, 2.75) is 37.8 Å². The Hall–Kier alpha value is -3.89. The summed E-state index contributed by atoms with van der Waals surface area (Å²) in [6, 6.07) is 17.3. The number of aromatic nitrogens is 1. The van der Waals surface area contributed by atoms with E-state index in [2.05, 4.69) is 22.2 Å². The van der Waals surface area contributed by atoms with E-state index in [1.54, 1.807) is 13.2 Å². The minimum Gasteiger partial charge on any atom is -0.495 e. The van der Waals surface area contributed by atoms with Gasteiger partial charge in [0.05, 0.1) is 30.7 Å². The van der Waals surface area contributed by atoms with E-state index in [9.17, 15) is 9.90 Å². The van der Waals surface area contributed by atoms with Gasteiger partial charge in [-0.2, -0.15) is 5.26 Å². The fourth-order valence-corrected chi connectivity index (χ4v) is 4.25. The second-order valence-corrected chi connectivity index (χ2v) is 8.53. The maximum atomic E-state index is 12.8. The van der Waals surface area contributed by atoms with Gasteiger partial charge in [-0.05, 0) is 55.3 Å². The SMILES string of the molecule is C=C(C#N)CNc1c(OC)ccc2ccc(-c3cccc(C(=O)N[C@H]4CC[C@H](O)CC4)n3)cc12. The number of hydrogen-bond donors (Lipinski definition) is 3. The standard InChI is InChI=1S/C27H28N4O3/c1-17(15-28)16-29-26-22-14-19(7-6-18(22)8-13-25(26)34-2)23-4-3-5-24(31-23)27(33)30-20-9-11-21(32)12-10-20/h3-8,13-14,20-21,29,32H,1,9-12,16H2,2H3,(H,30,33)/t20-,21-. The first kappa shape index (κ1) is 23.3. The molecule has 0 aliphatic heterocycles. The van der Waals surface area contributed by atoms with E-state index in [0.29, 0.717) is 42.1 Å². The number of nitrogens with zero attached hydrogens (tertiary/aromatic N) is 2. The molecular weight excluding hydrogens is 428 g/mol. The lowest BCUT2D eigenvalue weighted by Crippen LogP contribution is -2.38. The fraction of sp³-hybridized carbons (Fsp3) is 0.296. The normalized spacial score (nSPS) is 17.6. The van der Waals surface area contributed by atoms with E-state index >= 15 is 0 Å². The summed E-state index contributed by atoms with van der Waals surface area (Å²) in [7, 11) is 1.60. The zero-order valence-electron chi connectivity index (χ0n) is 19.2. The first-order valence-electron chi connectivity index (χ1n) is 11.4. The van der Waals surface area contributed by atoms with Gasteiger partial charge in [-0.15, -0.1) is 0 Å². The molecule has 1 fully saturated rings. The molecule has 3 N–H and O–H groups in total. The third-order valence-electron chi connectivity index (χ3n) is 6.15. The summed E-state index contributed by atoms with van der Waals surface area (Å²) in [6.45, 7) is 4.04. The first-order chi connectivity index (χ1) is 16.5. The Morgan fingerprint density at radius 3 is 2.71 bits per heavy atom. The number of nitriles is 1. The molecule has 7 nitrogen and oxygen atoms in total. The van der Waals surface area contributed by atoms with Gasteiger partial charge >= 0.3 is 0 Å². The number of ether oxygens (including phenoxy) is 1. The number of fused-ring (bicyclic) bond motifs is 1. The van der Waals surface area contributed by atoms with E-state index in [-0.39, 0.29) is 18.1 Å². The molecule has 174 valence electrons. The number of methoxy groups -OCH3 is 1. The zero-order chi connectivity index (χ0) is 24.1. The van der Waals surface area contributed by atoms with Crippen LogP contribution in [0.25, 0.3) is 22.0 Å². The molecule has 1 amide bonds. The molecule has 0 saturated heterocycles. The van der Waals surface area contributed by atoms with E-state index < -0.39 is 0 Å². The van der Waals surface area contributed by atoms with Gasteiger partial charge in [-0.25, -0.2) is 4.98 Å². The number of aliphatic hydroxyl groups is 1. The maximum Gasteiger partial charge on any atom is 0.270 e. The van der Waals surface area contributed by atoms with E-state index in [1.165, 1.54) is 0 Å². The molecule has 7 heteroatoms. The number of nitrogens with one attached hydrogen (secondary N) is 2. The van der Waals surface area contributed by atoms with Crippen LogP contribution < -0.4 is 15.4 Å². The van der Waals surface area contributed by atoms with Gasteiger partial charge in [-0.3, -0.25) is 4.79 Å². The monoisotopic (exact) mass is 456 g/mol. The molecular formula is C27H28N4O3. The van der Waals surface area contributed by atoms with Gasteiger partial charge in [0.25, 0.3) is 5.91 Å². The summed E-state index contributed by atoms with van der Waals surface area (Å²) in [5, 5.41) is 27.0. The number of aliphatic hydroxyl groups excluding tert-OH is 1. The van der Waals surface area contributed by atoms with Crippen molar-refractivity contribution < 1.29 is 14.6 Å². The fourth-order valence-electron chi connectivity index (χ4n) is 4.25. The summed E-state index contributed by atoms with van der Waals surface area (Å²) in [4.78, 5) is 17.4. The molecule has 0 spiro atoms. The molecule has 1 aliphatic carbocycles. The summed E-state index contributed by atoms with van der Waals surface area (Å²) in [5.41, 5.74) is 3.09. The minimum atomic E-state index is -0.265. The molecule has 2 aromatic carbocycles. The van der Waals surface area contributed by atoms with Crippen molar-refractivity contribution in [2.24, 2.45) is 0 Å². The van der Waals surface area contributed by atoms with Gasteiger partial charge in [0.15, 0.2) is 0 Å². The zero-order valence-corrected chi connectivity index (χ0v) is 19.2. The first-order valence-corrected chi connectivity index (χ1v) is 11.4. The quantitative estimate of drug-likeness (QED) is 0.454. The summed E-state index contributed by atoms with van der Waals surface area (Å²) < 4.78 is 5.54. The van der Waals surface area contributed by atoms with Crippen molar-refractivity contribution in [1.82, 2.24) is 10.3 Å². The van der Waals surface area contributed by atoms with Crippen LogP contribution in [0.4, 0.5) is 5.69 Å². The summed E-state index contributed by atoms with van der Waals surface area (Å²) >= 11 is 0. The third kappa shape index (κ3) is 5.19. The number of carbonyl (C=O) groups excluding carboxylic acids is 1. The third-order valence-corrected chi connectivity index (χ3v) is 6.15. The van der Waals surface area contributed by atoms with Gasteiger partial charge in [0, 0.05) is 29.1 Å². The molecule has 34 heavy (non-hydrogen) atoms. The number of rotatable bonds is 7. The molecule has 0 atom stereocenters. The van der Waals surface area contributed by atoms with E-state index in [1.807, 2.05) is 48.5 Å². The lowest BCUT2D eigenvalue weighted by atomic mass is 9.93. The Balaban J connectivity index is 1.62. The van der Waals surface area contributed by atoms with Crippen LogP contribution in [-0.4, -0.2) is 41.8 Å². The van der Waals surface area contributed by atoms with Crippen LogP contribution in [0.2, 0.25) is 0 Å². The van der Waals surface area contributed by atoms with Crippen LogP contribution in [0, 0.1) is 11.3 Å². The Morgan fingerprint density at radius 1 is 1.21 bits per heavy atom. The topological polar surface area (TPSA) is 107 Å².